The highest BCUT2D eigenvalue weighted by Crippen LogP contribution is 2.49. The van der Waals surface area contributed by atoms with Crippen molar-refractivity contribution in [2.45, 2.75) is 37.5 Å². The molecule has 0 saturated heterocycles. The second-order valence-electron chi connectivity index (χ2n) is 5.51. The van der Waals surface area contributed by atoms with Crippen LogP contribution < -0.4 is 0 Å². The first kappa shape index (κ1) is 26.3. The third-order valence-corrected chi connectivity index (χ3v) is 10.1. The Morgan fingerprint density at radius 3 is 1.39 bits per heavy atom. The highest BCUT2D eigenvalue weighted by atomic mass is 32.2. The van der Waals surface area contributed by atoms with E-state index in [1.54, 1.807) is 23.5 Å². The molecule has 0 unspecified atom stereocenters. The number of hydrogen-bond donors (Lipinski definition) is 0. The topological polar surface area (TPSA) is 71.1 Å². The van der Waals surface area contributed by atoms with Crippen molar-refractivity contribution in [3.63, 3.8) is 0 Å². The largest absolute Gasteiger partial charge is 0.331 e. The molecule has 0 aliphatic carbocycles. The van der Waals surface area contributed by atoms with E-state index >= 15 is 0 Å². The Morgan fingerprint density at radius 1 is 0.714 bits per heavy atom. The van der Waals surface area contributed by atoms with Gasteiger partial charge in [0.05, 0.1) is 38.8 Å². The molecule has 0 heterocycles. The maximum Gasteiger partial charge on any atom is 0.331 e. The molecule has 0 atom stereocenters. The van der Waals surface area contributed by atoms with E-state index in [1.165, 1.54) is 0 Å². The fourth-order valence-electron chi connectivity index (χ4n) is 2.32. The first-order chi connectivity index (χ1) is 13.4. The minimum Gasteiger partial charge on any atom is -0.309 e. The average molecular weight is 471 g/mol. The van der Waals surface area contributed by atoms with E-state index in [2.05, 4.69) is 6.07 Å². The van der Waals surface area contributed by atoms with Crippen molar-refractivity contribution < 1.29 is 27.2 Å². The molecule has 0 saturated carbocycles. The molecule has 1 rings (SSSR count). The molecule has 0 radical (unpaired) electrons. The van der Waals surface area contributed by atoms with Gasteiger partial charge in [0, 0.05) is 21.3 Å². The Kier molecular flexibility index (Phi) is 13.4. The van der Waals surface area contributed by atoms with E-state index in [0.29, 0.717) is 50.3 Å². The fraction of sp³-hybridized carbons (Fsp3) is 0.667. The number of hydrogen-bond acceptors (Lipinski definition) is 8. The van der Waals surface area contributed by atoms with Gasteiger partial charge in [-0.3, -0.25) is 9.13 Å². The zero-order valence-electron chi connectivity index (χ0n) is 17.1. The SMILES string of the molecule is CCOP(=O)(CCSc1cccc(SCCP(=O)(OCC)OCC)c1)OCC. The minimum absolute atomic E-state index is 0.376. The second kappa shape index (κ2) is 14.3. The van der Waals surface area contributed by atoms with Gasteiger partial charge in [-0.05, 0) is 45.9 Å². The Hall–Kier alpha value is 0.220. The van der Waals surface area contributed by atoms with E-state index in [9.17, 15) is 9.13 Å². The quantitative estimate of drug-likeness (QED) is 0.203. The Balaban J connectivity index is 2.53. The van der Waals surface area contributed by atoms with Crippen LogP contribution in [0.25, 0.3) is 0 Å². The number of thioether (sulfide) groups is 2. The van der Waals surface area contributed by atoms with Gasteiger partial charge in [-0.1, -0.05) is 6.07 Å². The van der Waals surface area contributed by atoms with Crippen molar-refractivity contribution in [2.24, 2.45) is 0 Å². The van der Waals surface area contributed by atoms with Crippen LogP contribution >= 0.6 is 38.7 Å². The predicted octanol–water partition coefficient (Wildman–Crippen LogP) is 6.40. The predicted molar refractivity (Wildman–Crippen MR) is 119 cm³/mol. The normalized spacial score (nSPS) is 12.4. The highest BCUT2D eigenvalue weighted by Gasteiger charge is 2.24. The summed E-state index contributed by atoms with van der Waals surface area (Å²) < 4.78 is 46.3. The Bertz CT molecular complexity index is 587. The van der Waals surface area contributed by atoms with E-state index < -0.39 is 15.2 Å². The standard InChI is InChI=1S/C18H32O6P2S2/c1-5-21-25(19,22-6-2)12-14-27-17-10-9-11-18(16-17)28-15-13-26(20,23-7-3)24-8-4/h9-11,16H,5-8,12-15H2,1-4H3. The summed E-state index contributed by atoms with van der Waals surface area (Å²) in [6.07, 6.45) is 0.755. The lowest BCUT2D eigenvalue weighted by Gasteiger charge is -2.17. The van der Waals surface area contributed by atoms with Crippen molar-refractivity contribution >= 4 is 38.7 Å². The van der Waals surface area contributed by atoms with Crippen LogP contribution in [0.1, 0.15) is 27.7 Å². The smallest absolute Gasteiger partial charge is 0.309 e. The molecule has 0 amide bonds. The molecule has 162 valence electrons. The van der Waals surface area contributed by atoms with Crippen LogP contribution in [0.4, 0.5) is 0 Å². The van der Waals surface area contributed by atoms with Gasteiger partial charge in [-0.2, -0.15) is 0 Å². The Morgan fingerprint density at radius 2 is 1.07 bits per heavy atom. The maximum absolute atomic E-state index is 12.5. The van der Waals surface area contributed by atoms with Gasteiger partial charge in [0.25, 0.3) is 0 Å². The van der Waals surface area contributed by atoms with Crippen LogP contribution in [-0.4, -0.2) is 50.3 Å². The fourth-order valence-corrected chi connectivity index (χ4v) is 8.40. The molecule has 10 heteroatoms. The van der Waals surface area contributed by atoms with Gasteiger partial charge < -0.3 is 18.1 Å². The summed E-state index contributed by atoms with van der Waals surface area (Å²) in [4.78, 5) is 2.17. The van der Waals surface area contributed by atoms with Crippen LogP contribution in [0, 0.1) is 0 Å². The summed E-state index contributed by atoms with van der Waals surface area (Å²) in [6, 6.07) is 8.10. The van der Waals surface area contributed by atoms with E-state index in [1.807, 2.05) is 45.9 Å². The average Bonchev–Trinajstić information content (AvgIpc) is 2.63. The molecule has 0 aliphatic rings. The summed E-state index contributed by atoms with van der Waals surface area (Å²) >= 11 is 3.24. The summed E-state index contributed by atoms with van der Waals surface area (Å²) in [6.45, 7) is 8.77. The van der Waals surface area contributed by atoms with Crippen LogP contribution in [0.15, 0.2) is 34.1 Å². The van der Waals surface area contributed by atoms with Gasteiger partial charge in [-0.15, -0.1) is 23.5 Å². The molecule has 0 aliphatic heterocycles. The van der Waals surface area contributed by atoms with E-state index in [4.69, 9.17) is 18.1 Å². The second-order valence-corrected chi connectivity index (χ2v) is 12.2. The Labute approximate surface area is 177 Å². The summed E-state index contributed by atoms with van der Waals surface area (Å²) in [5, 5.41) is 0. The first-order valence-corrected chi connectivity index (χ1v) is 14.9. The number of rotatable bonds is 16. The first-order valence-electron chi connectivity index (χ1n) is 9.52. The summed E-state index contributed by atoms with van der Waals surface area (Å²) in [5.74, 6) is 1.30. The lowest BCUT2D eigenvalue weighted by atomic mass is 10.4. The van der Waals surface area contributed by atoms with Crippen molar-refractivity contribution in [1.82, 2.24) is 0 Å². The molecule has 0 fully saturated rings. The third-order valence-electron chi connectivity index (χ3n) is 3.38. The van der Waals surface area contributed by atoms with E-state index in [-0.39, 0.29) is 0 Å². The maximum atomic E-state index is 12.5. The van der Waals surface area contributed by atoms with Crippen LogP contribution in [0.2, 0.25) is 0 Å². The molecule has 0 bridgehead atoms. The molecular weight excluding hydrogens is 438 g/mol. The van der Waals surface area contributed by atoms with Gasteiger partial charge in [-0.25, -0.2) is 0 Å². The van der Waals surface area contributed by atoms with Crippen molar-refractivity contribution in [1.29, 1.82) is 0 Å². The lowest BCUT2D eigenvalue weighted by molar-refractivity contribution is 0.220. The van der Waals surface area contributed by atoms with Crippen LogP contribution in [0.3, 0.4) is 0 Å². The van der Waals surface area contributed by atoms with E-state index in [0.717, 1.165) is 9.79 Å². The van der Waals surface area contributed by atoms with Crippen molar-refractivity contribution in [2.75, 3.05) is 50.3 Å². The van der Waals surface area contributed by atoms with Gasteiger partial charge in [0.15, 0.2) is 0 Å². The summed E-state index contributed by atoms with van der Waals surface area (Å²) in [7, 11) is -6.01. The molecule has 0 N–H and O–H groups in total. The van der Waals surface area contributed by atoms with Gasteiger partial charge in [0.1, 0.15) is 0 Å². The highest BCUT2D eigenvalue weighted by molar-refractivity contribution is 8.00. The molecule has 28 heavy (non-hydrogen) atoms. The molecule has 0 aromatic heterocycles. The monoisotopic (exact) mass is 470 g/mol. The van der Waals surface area contributed by atoms with Crippen molar-refractivity contribution in [3.05, 3.63) is 24.3 Å². The lowest BCUT2D eigenvalue weighted by Crippen LogP contribution is -2.02. The molecule has 0 spiro atoms. The number of benzene rings is 1. The minimum atomic E-state index is -3.00. The zero-order chi connectivity index (χ0) is 20.9. The van der Waals surface area contributed by atoms with Gasteiger partial charge >= 0.3 is 15.2 Å². The molecule has 1 aromatic carbocycles. The van der Waals surface area contributed by atoms with Crippen LogP contribution in [-0.2, 0) is 27.2 Å². The van der Waals surface area contributed by atoms with Crippen LogP contribution in [0.5, 0.6) is 0 Å². The molecule has 1 aromatic rings. The van der Waals surface area contributed by atoms with Crippen molar-refractivity contribution in [3.8, 4) is 0 Å². The van der Waals surface area contributed by atoms with Gasteiger partial charge in [0.2, 0.25) is 0 Å². The third kappa shape index (κ3) is 10.3. The zero-order valence-corrected chi connectivity index (χ0v) is 20.5. The molecule has 6 nitrogen and oxygen atoms in total. The summed E-state index contributed by atoms with van der Waals surface area (Å²) in [5.41, 5.74) is 0. The molecular formula is C18H32O6P2S2.